The van der Waals surface area contributed by atoms with Crippen molar-refractivity contribution in [2.45, 2.75) is 204 Å². The van der Waals surface area contributed by atoms with Crippen LogP contribution in [0.25, 0.3) is 0 Å². The van der Waals surface area contributed by atoms with Gasteiger partial charge in [-0.05, 0) is 57.8 Å². The van der Waals surface area contributed by atoms with Crippen LogP contribution >= 0.6 is 0 Å². The summed E-state index contributed by atoms with van der Waals surface area (Å²) < 4.78 is 11.1. The van der Waals surface area contributed by atoms with Gasteiger partial charge < -0.3 is 45.4 Å². The molecule has 0 saturated carbocycles. The van der Waals surface area contributed by atoms with Gasteiger partial charge in [0.2, 0.25) is 5.91 Å². The minimum absolute atomic E-state index is 0.296. The first-order valence-corrected chi connectivity index (χ1v) is 20.3. The van der Waals surface area contributed by atoms with Crippen LogP contribution in [0.4, 0.5) is 0 Å². The maximum Gasteiger partial charge on any atom is 0.249 e. The molecule has 8 atom stereocenters. The zero-order valence-electron chi connectivity index (χ0n) is 32.0. The number of carbonyl (C=O) groups is 1. The van der Waals surface area contributed by atoms with Gasteiger partial charge in [0.1, 0.15) is 30.5 Å². The predicted octanol–water partition coefficient (Wildman–Crippen LogP) is 6.30. The van der Waals surface area contributed by atoms with Gasteiger partial charge in [-0.1, -0.05) is 134 Å². The van der Waals surface area contributed by atoms with E-state index in [0.717, 1.165) is 38.5 Å². The summed E-state index contributed by atoms with van der Waals surface area (Å²) in [4.78, 5) is 13.0. The van der Waals surface area contributed by atoms with Crippen LogP contribution < -0.4 is 5.32 Å². The third-order valence-electron chi connectivity index (χ3n) is 9.54. The molecule has 51 heavy (non-hydrogen) atoms. The third kappa shape index (κ3) is 22.9. The molecular weight excluding hydrogens is 650 g/mol. The third-order valence-corrected chi connectivity index (χ3v) is 9.54. The minimum Gasteiger partial charge on any atom is -0.394 e. The molecule has 7 N–H and O–H groups in total. The van der Waals surface area contributed by atoms with Crippen molar-refractivity contribution in [3.8, 4) is 0 Å². The van der Waals surface area contributed by atoms with E-state index in [1.54, 1.807) is 6.08 Å². The summed E-state index contributed by atoms with van der Waals surface area (Å²) in [6.45, 7) is 3.52. The molecule has 1 fully saturated rings. The first-order chi connectivity index (χ1) is 24.8. The fraction of sp³-hybridized carbons (Fsp3) is 0.829. The zero-order chi connectivity index (χ0) is 37.5. The number of allylic oxidation sites excluding steroid dienone is 5. The van der Waals surface area contributed by atoms with Gasteiger partial charge in [-0.25, -0.2) is 0 Å². The summed E-state index contributed by atoms with van der Waals surface area (Å²) in [5, 5.41) is 64.3. The quantitative estimate of drug-likeness (QED) is 0.0311. The fourth-order valence-corrected chi connectivity index (χ4v) is 6.11. The first kappa shape index (κ1) is 47.4. The van der Waals surface area contributed by atoms with Crippen molar-refractivity contribution in [3.05, 3.63) is 36.5 Å². The number of aliphatic hydroxyl groups is 6. The Labute approximate surface area is 309 Å². The molecule has 0 aromatic rings. The van der Waals surface area contributed by atoms with Gasteiger partial charge in [-0.2, -0.15) is 0 Å². The van der Waals surface area contributed by atoms with Crippen molar-refractivity contribution >= 4 is 5.91 Å². The molecule has 0 aliphatic carbocycles. The molecule has 8 unspecified atom stereocenters. The molecule has 0 aromatic carbocycles. The number of aliphatic hydroxyl groups excluding tert-OH is 6. The lowest BCUT2D eigenvalue weighted by molar-refractivity contribution is -0.302. The van der Waals surface area contributed by atoms with Gasteiger partial charge in [0.15, 0.2) is 6.29 Å². The Kier molecular flexibility index (Phi) is 29.6. The average Bonchev–Trinajstić information content (AvgIpc) is 3.13. The lowest BCUT2D eigenvalue weighted by atomic mass is 9.99. The topological polar surface area (TPSA) is 169 Å². The van der Waals surface area contributed by atoms with Crippen LogP contribution in [0.15, 0.2) is 36.5 Å². The van der Waals surface area contributed by atoms with E-state index in [2.05, 4.69) is 43.5 Å². The Morgan fingerprint density at radius 1 is 0.667 bits per heavy atom. The fourth-order valence-electron chi connectivity index (χ4n) is 6.11. The van der Waals surface area contributed by atoms with Gasteiger partial charge in [0.25, 0.3) is 0 Å². The van der Waals surface area contributed by atoms with E-state index >= 15 is 0 Å². The molecule has 10 nitrogen and oxygen atoms in total. The molecule has 0 spiro atoms. The van der Waals surface area contributed by atoms with Gasteiger partial charge in [-0.3, -0.25) is 4.79 Å². The van der Waals surface area contributed by atoms with Gasteiger partial charge >= 0.3 is 0 Å². The molecule has 0 bridgehead atoms. The number of rotatable bonds is 32. The van der Waals surface area contributed by atoms with Crippen molar-refractivity contribution in [3.63, 3.8) is 0 Å². The van der Waals surface area contributed by atoms with Gasteiger partial charge in [-0.15, -0.1) is 0 Å². The van der Waals surface area contributed by atoms with E-state index in [1.165, 1.54) is 83.5 Å². The summed E-state index contributed by atoms with van der Waals surface area (Å²) in [6, 6.07) is -0.996. The van der Waals surface area contributed by atoms with Crippen molar-refractivity contribution in [2.75, 3.05) is 13.2 Å². The maximum atomic E-state index is 13.0. The monoisotopic (exact) mass is 726 g/mol. The lowest BCUT2D eigenvalue weighted by Gasteiger charge is -2.40. The molecular formula is C41H75NO9. The van der Waals surface area contributed by atoms with Crippen LogP contribution in [0.5, 0.6) is 0 Å². The molecule has 0 radical (unpaired) electrons. The highest BCUT2D eigenvalue weighted by molar-refractivity contribution is 5.80. The molecule has 0 aromatic heterocycles. The SMILES string of the molecule is CCCCCC/C=C\CCCCCCCCC(O)C(=O)NC(COC1OC(CO)C(O)C(O)C1O)C(O)/C=C/CC/C=C/CCCCCCCC. The highest BCUT2D eigenvalue weighted by atomic mass is 16.7. The zero-order valence-corrected chi connectivity index (χ0v) is 32.0. The summed E-state index contributed by atoms with van der Waals surface area (Å²) >= 11 is 0. The van der Waals surface area contributed by atoms with Crippen LogP contribution in [0.3, 0.4) is 0 Å². The van der Waals surface area contributed by atoms with Gasteiger partial charge in [0.05, 0.1) is 25.4 Å². The van der Waals surface area contributed by atoms with Crippen molar-refractivity contribution in [1.29, 1.82) is 0 Å². The normalized spacial score (nSPS) is 23.0. The minimum atomic E-state index is -1.61. The van der Waals surface area contributed by atoms with Gasteiger partial charge in [0, 0.05) is 0 Å². The maximum absolute atomic E-state index is 13.0. The van der Waals surface area contributed by atoms with E-state index in [-0.39, 0.29) is 6.61 Å². The van der Waals surface area contributed by atoms with Crippen LogP contribution in [0, 0.1) is 0 Å². The van der Waals surface area contributed by atoms with Crippen molar-refractivity contribution in [1.82, 2.24) is 5.32 Å². The van der Waals surface area contributed by atoms with E-state index in [0.29, 0.717) is 19.3 Å². The molecule has 1 saturated heterocycles. The van der Waals surface area contributed by atoms with Crippen LogP contribution in [-0.2, 0) is 14.3 Å². The number of nitrogens with one attached hydrogen (secondary N) is 1. The number of ether oxygens (including phenoxy) is 2. The Hall–Kier alpha value is -1.63. The van der Waals surface area contributed by atoms with Crippen molar-refractivity contribution in [2.24, 2.45) is 0 Å². The van der Waals surface area contributed by atoms with Crippen LogP contribution in [0.1, 0.15) is 155 Å². The Bertz CT molecular complexity index is 912. The number of hydrogen-bond donors (Lipinski definition) is 7. The summed E-state index contributed by atoms with van der Waals surface area (Å²) in [5.41, 5.74) is 0. The molecule has 1 heterocycles. The van der Waals surface area contributed by atoms with E-state index < -0.39 is 61.5 Å². The Balaban J connectivity index is 2.53. The van der Waals surface area contributed by atoms with E-state index in [9.17, 15) is 35.4 Å². The molecule has 1 rings (SSSR count). The average molecular weight is 726 g/mol. The molecule has 1 amide bonds. The molecule has 10 heteroatoms. The number of carbonyl (C=O) groups excluding carboxylic acids is 1. The standard InChI is InChI=1S/C41H75NO9/c1-3-5-7-9-11-13-15-17-18-20-22-24-26-28-30-35(45)40(49)42-33(32-50-41-39(48)38(47)37(46)36(31-43)51-41)34(44)29-27-25-23-21-19-16-14-12-10-8-6-4-2/h13,15,19,21,27,29,33-39,41,43-48H,3-12,14,16-18,20,22-26,28,30-32H2,1-2H3,(H,42,49)/b15-13-,21-19+,29-27+. The summed E-state index contributed by atoms with van der Waals surface area (Å²) in [7, 11) is 0. The summed E-state index contributed by atoms with van der Waals surface area (Å²) in [6.07, 6.45) is 26.6. The number of unbranched alkanes of at least 4 members (excludes halogenated alkanes) is 17. The highest BCUT2D eigenvalue weighted by Crippen LogP contribution is 2.22. The highest BCUT2D eigenvalue weighted by Gasteiger charge is 2.44. The number of hydrogen-bond acceptors (Lipinski definition) is 9. The molecule has 1 aliphatic heterocycles. The smallest absolute Gasteiger partial charge is 0.249 e. The first-order valence-electron chi connectivity index (χ1n) is 20.3. The van der Waals surface area contributed by atoms with E-state index in [4.69, 9.17) is 9.47 Å². The van der Waals surface area contributed by atoms with Crippen molar-refractivity contribution < 1.29 is 44.9 Å². The second kappa shape index (κ2) is 31.9. The second-order valence-electron chi connectivity index (χ2n) is 14.2. The lowest BCUT2D eigenvalue weighted by Crippen LogP contribution is -2.60. The molecule has 298 valence electrons. The second-order valence-corrected chi connectivity index (χ2v) is 14.2. The summed E-state index contributed by atoms with van der Waals surface area (Å²) in [5.74, 6) is -0.635. The van der Waals surface area contributed by atoms with Crippen LogP contribution in [-0.4, -0.2) is 98.7 Å². The Morgan fingerprint density at radius 3 is 1.73 bits per heavy atom. The number of amides is 1. The Morgan fingerprint density at radius 2 is 1.16 bits per heavy atom. The van der Waals surface area contributed by atoms with Crippen LogP contribution in [0.2, 0.25) is 0 Å². The molecule has 1 aliphatic rings. The van der Waals surface area contributed by atoms with E-state index in [1.807, 2.05) is 6.08 Å². The predicted molar refractivity (Wildman–Crippen MR) is 204 cm³/mol. The largest absolute Gasteiger partial charge is 0.394 e.